The van der Waals surface area contributed by atoms with E-state index in [0.717, 1.165) is 18.1 Å². The maximum Gasteiger partial charge on any atom is 0.175 e. The Morgan fingerprint density at radius 1 is 1.31 bits per heavy atom. The Labute approximate surface area is 105 Å². The highest BCUT2D eigenvalue weighted by Crippen LogP contribution is 2.40. The molecular formula is C13H17OS2. The molecule has 2 heterocycles. The second-order valence-corrected chi connectivity index (χ2v) is 6.08. The van der Waals surface area contributed by atoms with Gasteiger partial charge in [0.25, 0.3) is 0 Å². The highest BCUT2D eigenvalue weighted by molar-refractivity contribution is 7.28. The zero-order valence-corrected chi connectivity index (χ0v) is 11.4. The standard InChI is InChI=1S/C13H17OS2/c1-4-6-9(3)10-7-11-12(15-10)8-13(16-11)14-5-2/h7-9H,1,4-6H2,2-3H3. The van der Waals surface area contributed by atoms with Gasteiger partial charge in [-0.15, -0.1) is 11.3 Å². The fraction of sp³-hybridized carbons (Fsp3) is 0.462. The highest BCUT2D eigenvalue weighted by Gasteiger charge is 2.11. The molecule has 1 nitrogen and oxygen atoms in total. The summed E-state index contributed by atoms with van der Waals surface area (Å²) >= 11 is 3.65. The van der Waals surface area contributed by atoms with Crippen LogP contribution in [0.2, 0.25) is 0 Å². The smallest absolute Gasteiger partial charge is 0.175 e. The topological polar surface area (TPSA) is 9.23 Å². The first-order valence-electron chi connectivity index (χ1n) is 5.70. The van der Waals surface area contributed by atoms with E-state index in [1.54, 1.807) is 11.3 Å². The zero-order valence-electron chi connectivity index (χ0n) is 9.79. The monoisotopic (exact) mass is 253 g/mol. The first kappa shape index (κ1) is 11.9. The molecule has 16 heavy (non-hydrogen) atoms. The van der Waals surface area contributed by atoms with Gasteiger partial charge in [-0.2, -0.15) is 0 Å². The van der Waals surface area contributed by atoms with E-state index in [1.807, 2.05) is 18.3 Å². The van der Waals surface area contributed by atoms with Gasteiger partial charge >= 0.3 is 0 Å². The molecule has 0 spiro atoms. The van der Waals surface area contributed by atoms with Gasteiger partial charge in [0, 0.05) is 20.3 Å². The van der Waals surface area contributed by atoms with Crippen LogP contribution < -0.4 is 4.74 Å². The predicted octanol–water partition coefficient (Wildman–Crippen LogP) is 5.08. The molecule has 1 radical (unpaired) electrons. The second kappa shape index (κ2) is 5.19. The Kier molecular flexibility index (Phi) is 3.87. The molecule has 0 saturated carbocycles. The van der Waals surface area contributed by atoms with E-state index in [0.29, 0.717) is 5.92 Å². The van der Waals surface area contributed by atoms with E-state index in [2.05, 4.69) is 26.0 Å². The molecule has 2 aromatic rings. The average molecular weight is 253 g/mol. The van der Waals surface area contributed by atoms with Crippen LogP contribution in [0.1, 0.15) is 37.5 Å². The Balaban J connectivity index is 2.21. The van der Waals surface area contributed by atoms with Gasteiger partial charge in [0.05, 0.1) is 6.61 Å². The summed E-state index contributed by atoms with van der Waals surface area (Å²) < 4.78 is 8.23. The van der Waals surface area contributed by atoms with E-state index in [9.17, 15) is 0 Å². The predicted molar refractivity (Wildman–Crippen MR) is 73.9 cm³/mol. The normalized spacial score (nSPS) is 13.2. The molecule has 0 fully saturated rings. The number of hydrogen-bond acceptors (Lipinski definition) is 3. The van der Waals surface area contributed by atoms with Gasteiger partial charge in [-0.25, -0.2) is 0 Å². The Morgan fingerprint density at radius 2 is 2.06 bits per heavy atom. The molecule has 0 aromatic carbocycles. The number of hydrogen-bond donors (Lipinski definition) is 0. The number of fused-ring (bicyclic) bond motifs is 1. The summed E-state index contributed by atoms with van der Waals surface area (Å²) in [5.74, 6) is 0.637. The van der Waals surface area contributed by atoms with Crippen LogP contribution in [0.15, 0.2) is 12.1 Å². The summed E-state index contributed by atoms with van der Waals surface area (Å²) in [5, 5.41) is 1.04. The molecule has 3 heteroatoms. The SMILES string of the molecule is [CH2]CCC(C)c1cc2sc(OCC)cc2s1. The fourth-order valence-corrected chi connectivity index (χ4v) is 4.13. The van der Waals surface area contributed by atoms with Crippen molar-refractivity contribution in [2.24, 2.45) is 0 Å². The third kappa shape index (κ3) is 2.41. The van der Waals surface area contributed by atoms with Crippen molar-refractivity contribution in [2.75, 3.05) is 6.61 Å². The Hall–Kier alpha value is -0.540. The van der Waals surface area contributed by atoms with Crippen LogP contribution in [0.4, 0.5) is 0 Å². The lowest BCUT2D eigenvalue weighted by Crippen LogP contribution is -1.88. The first-order chi connectivity index (χ1) is 7.74. The average Bonchev–Trinajstić information content (AvgIpc) is 2.76. The van der Waals surface area contributed by atoms with Crippen molar-refractivity contribution in [3.63, 3.8) is 0 Å². The minimum absolute atomic E-state index is 0.637. The van der Waals surface area contributed by atoms with E-state index < -0.39 is 0 Å². The number of rotatable bonds is 5. The van der Waals surface area contributed by atoms with Crippen LogP contribution >= 0.6 is 22.7 Å². The van der Waals surface area contributed by atoms with Gasteiger partial charge in [0.2, 0.25) is 0 Å². The van der Waals surface area contributed by atoms with Gasteiger partial charge < -0.3 is 4.74 Å². The summed E-state index contributed by atoms with van der Waals surface area (Å²) in [6, 6.07) is 4.47. The van der Waals surface area contributed by atoms with Gasteiger partial charge in [-0.1, -0.05) is 31.6 Å². The number of ether oxygens (including phenoxy) is 1. The zero-order chi connectivity index (χ0) is 11.5. The third-order valence-corrected chi connectivity index (χ3v) is 5.05. The summed E-state index contributed by atoms with van der Waals surface area (Å²) in [5.41, 5.74) is 0. The fourth-order valence-electron chi connectivity index (χ4n) is 1.74. The Bertz CT molecular complexity index is 424. The van der Waals surface area contributed by atoms with E-state index in [1.165, 1.54) is 20.7 Å². The highest BCUT2D eigenvalue weighted by atomic mass is 32.1. The minimum Gasteiger partial charge on any atom is -0.484 e. The molecular weight excluding hydrogens is 236 g/mol. The maximum atomic E-state index is 5.51. The molecule has 0 aliphatic rings. The maximum absolute atomic E-state index is 5.51. The Morgan fingerprint density at radius 3 is 2.69 bits per heavy atom. The third-order valence-electron chi connectivity index (χ3n) is 2.61. The van der Waals surface area contributed by atoms with E-state index >= 15 is 0 Å². The van der Waals surface area contributed by atoms with Crippen molar-refractivity contribution in [3.05, 3.63) is 23.9 Å². The van der Waals surface area contributed by atoms with Gasteiger partial charge in [0.1, 0.15) is 0 Å². The van der Waals surface area contributed by atoms with Crippen molar-refractivity contribution in [1.82, 2.24) is 0 Å². The molecule has 2 rings (SSSR count). The largest absolute Gasteiger partial charge is 0.484 e. The molecule has 0 bridgehead atoms. The molecule has 0 N–H and O–H groups in total. The molecule has 1 atom stereocenters. The van der Waals surface area contributed by atoms with Crippen molar-refractivity contribution >= 4 is 32.1 Å². The van der Waals surface area contributed by atoms with Crippen LogP contribution in [0.25, 0.3) is 9.40 Å². The summed E-state index contributed by atoms with van der Waals surface area (Å²) in [6.07, 6.45) is 2.18. The molecule has 2 aromatic heterocycles. The van der Waals surface area contributed by atoms with Crippen molar-refractivity contribution in [3.8, 4) is 5.06 Å². The van der Waals surface area contributed by atoms with Crippen LogP contribution in [-0.2, 0) is 0 Å². The lowest BCUT2D eigenvalue weighted by atomic mass is 10.1. The number of thiophene rings is 2. The quantitative estimate of drug-likeness (QED) is 0.722. The molecule has 1 unspecified atom stereocenters. The van der Waals surface area contributed by atoms with Gasteiger partial charge in [-0.3, -0.25) is 0 Å². The van der Waals surface area contributed by atoms with E-state index in [-0.39, 0.29) is 0 Å². The van der Waals surface area contributed by atoms with Crippen molar-refractivity contribution in [1.29, 1.82) is 0 Å². The summed E-state index contributed by atoms with van der Waals surface area (Å²) in [6.45, 7) is 8.97. The molecule has 0 aliphatic carbocycles. The van der Waals surface area contributed by atoms with Crippen molar-refractivity contribution in [2.45, 2.75) is 32.6 Å². The second-order valence-electron chi connectivity index (χ2n) is 3.92. The van der Waals surface area contributed by atoms with Gasteiger partial charge in [0.15, 0.2) is 5.06 Å². The molecule has 0 amide bonds. The van der Waals surface area contributed by atoms with Crippen LogP contribution in [0, 0.1) is 6.92 Å². The van der Waals surface area contributed by atoms with E-state index in [4.69, 9.17) is 4.74 Å². The molecule has 0 saturated heterocycles. The van der Waals surface area contributed by atoms with Crippen molar-refractivity contribution < 1.29 is 4.74 Å². The van der Waals surface area contributed by atoms with Crippen LogP contribution in [-0.4, -0.2) is 6.61 Å². The van der Waals surface area contributed by atoms with Crippen LogP contribution in [0.5, 0.6) is 5.06 Å². The molecule has 87 valence electrons. The first-order valence-corrected chi connectivity index (χ1v) is 7.33. The lowest BCUT2D eigenvalue weighted by molar-refractivity contribution is 0.350. The minimum atomic E-state index is 0.637. The molecule has 0 aliphatic heterocycles. The lowest BCUT2D eigenvalue weighted by Gasteiger charge is -2.05. The summed E-state index contributed by atoms with van der Waals surface area (Å²) in [7, 11) is 0. The van der Waals surface area contributed by atoms with Gasteiger partial charge in [-0.05, 0) is 25.3 Å². The summed E-state index contributed by atoms with van der Waals surface area (Å²) in [4.78, 5) is 1.48. The van der Waals surface area contributed by atoms with Crippen LogP contribution in [0.3, 0.4) is 0 Å².